The number of carbonyl (C=O) groups is 2. The summed E-state index contributed by atoms with van der Waals surface area (Å²) in [7, 11) is 0. The van der Waals surface area contributed by atoms with Crippen molar-refractivity contribution in [2.24, 2.45) is 0 Å². The largest absolute Gasteiger partial charge is 0.276 e. The SMILES string of the molecule is Cc1ccc(-n2cnnc2SCC(=O)NNC(=O)c2ccccc2Cl)c(C)c1. The van der Waals surface area contributed by atoms with Gasteiger partial charge in [-0.1, -0.05) is 53.2 Å². The molecule has 144 valence electrons. The minimum atomic E-state index is -0.484. The zero-order chi connectivity index (χ0) is 20.1. The van der Waals surface area contributed by atoms with Crippen LogP contribution in [0.4, 0.5) is 0 Å². The number of aryl methyl sites for hydroxylation is 2. The lowest BCUT2D eigenvalue weighted by Gasteiger charge is -2.10. The molecule has 1 aromatic heterocycles. The van der Waals surface area contributed by atoms with Gasteiger partial charge in [-0.25, -0.2) is 0 Å². The Labute approximate surface area is 171 Å². The van der Waals surface area contributed by atoms with Crippen molar-refractivity contribution in [1.29, 1.82) is 0 Å². The van der Waals surface area contributed by atoms with Crippen molar-refractivity contribution in [3.05, 3.63) is 70.5 Å². The molecule has 9 heteroatoms. The minimum absolute atomic E-state index is 0.0619. The van der Waals surface area contributed by atoms with Crippen LogP contribution < -0.4 is 10.9 Å². The Balaban J connectivity index is 1.58. The second-order valence-corrected chi connectivity index (χ2v) is 7.39. The third-order valence-corrected chi connectivity index (χ3v) is 5.17. The molecular weight excluding hydrogens is 398 g/mol. The Morgan fingerprint density at radius 1 is 1.14 bits per heavy atom. The van der Waals surface area contributed by atoms with E-state index in [0.29, 0.717) is 10.2 Å². The monoisotopic (exact) mass is 415 g/mol. The number of nitrogens with zero attached hydrogens (tertiary/aromatic N) is 3. The molecule has 3 rings (SSSR count). The van der Waals surface area contributed by atoms with Crippen molar-refractivity contribution in [2.75, 3.05) is 5.75 Å². The lowest BCUT2D eigenvalue weighted by Crippen LogP contribution is -2.42. The normalized spacial score (nSPS) is 10.5. The number of amides is 2. The zero-order valence-electron chi connectivity index (χ0n) is 15.3. The molecule has 0 aliphatic heterocycles. The minimum Gasteiger partial charge on any atom is -0.276 e. The average molecular weight is 416 g/mol. The van der Waals surface area contributed by atoms with Crippen LogP contribution in [0, 0.1) is 13.8 Å². The fraction of sp³-hybridized carbons (Fsp3) is 0.158. The van der Waals surface area contributed by atoms with Gasteiger partial charge in [0.05, 0.1) is 22.0 Å². The Bertz CT molecular complexity index is 1020. The van der Waals surface area contributed by atoms with E-state index in [0.717, 1.165) is 16.8 Å². The van der Waals surface area contributed by atoms with Gasteiger partial charge in [0.2, 0.25) is 5.91 Å². The number of nitrogens with one attached hydrogen (secondary N) is 2. The molecule has 0 radical (unpaired) electrons. The second kappa shape index (κ2) is 8.90. The first-order valence-electron chi connectivity index (χ1n) is 8.40. The molecule has 0 fully saturated rings. The Kier molecular flexibility index (Phi) is 6.33. The summed E-state index contributed by atoms with van der Waals surface area (Å²) >= 11 is 7.19. The predicted octanol–water partition coefficient (Wildman–Crippen LogP) is 3.09. The Morgan fingerprint density at radius 2 is 1.93 bits per heavy atom. The molecule has 2 amide bonds. The molecule has 0 spiro atoms. The summed E-state index contributed by atoms with van der Waals surface area (Å²) in [5, 5.41) is 8.91. The van der Waals surface area contributed by atoms with Crippen LogP contribution in [-0.2, 0) is 4.79 Å². The number of halogens is 1. The highest BCUT2D eigenvalue weighted by atomic mass is 35.5. The number of benzene rings is 2. The second-order valence-electron chi connectivity index (χ2n) is 6.04. The van der Waals surface area contributed by atoms with Crippen LogP contribution in [0.3, 0.4) is 0 Å². The summed E-state index contributed by atoms with van der Waals surface area (Å²) in [4.78, 5) is 24.1. The fourth-order valence-corrected chi connectivity index (χ4v) is 3.51. The topological polar surface area (TPSA) is 88.9 Å². The summed E-state index contributed by atoms with van der Waals surface area (Å²) in [5.41, 5.74) is 8.20. The average Bonchev–Trinajstić information content (AvgIpc) is 3.13. The van der Waals surface area contributed by atoms with E-state index in [1.807, 2.05) is 30.5 Å². The lowest BCUT2D eigenvalue weighted by molar-refractivity contribution is -0.119. The molecule has 0 saturated carbocycles. The van der Waals surface area contributed by atoms with Crippen molar-refractivity contribution in [3.8, 4) is 5.69 Å². The molecule has 28 heavy (non-hydrogen) atoms. The highest BCUT2D eigenvalue weighted by Crippen LogP contribution is 2.22. The van der Waals surface area contributed by atoms with Crippen molar-refractivity contribution in [2.45, 2.75) is 19.0 Å². The zero-order valence-corrected chi connectivity index (χ0v) is 16.8. The highest BCUT2D eigenvalue weighted by molar-refractivity contribution is 7.99. The van der Waals surface area contributed by atoms with Crippen LogP contribution in [0.25, 0.3) is 5.69 Å². The van der Waals surface area contributed by atoms with Gasteiger partial charge in [-0.15, -0.1) is 10.2 Å². The van der Waals surface area contributed by atoms with Crippen LogP contribution >= 0.6 is 23.4 Å². The van der Waals surface area contributed by atoms with E-state index in [2.05, 4.69) is 27.1 Å². The number of carbonyl (C=O) groups excluding carboxylic acids is 2. The maximum absolute atomic E-state index is 12.1. The third kappa shape index (κ3) is 4.71. The standard InChI is InChI=1S/C19H18ClN5O2S/c1-12-7-8-16(13(2)9-12)25-11-21-24-19(25)28-10-17(26)22-23-18(27)14-5-3-4-6-15(14)20/h3-9,11H,10H2,1-2H3,(H,22,26)(H,23,27). The summed E-state index contributed by atoms with van der Waals surface area (Å²) in [5.74, 6) is -0.796. The molecule has 0 aliphatic rings. The van der Waals surface area contributed by atoms with E-state index in [-0.39, 0.29) is 17.2 Å². The molecule has 0 bridgehead atoms. The van der Waals surface area contributed by atoms with E-state index < -0.39 is 5.91 Å². The van der Waals surface area contributed by atoms with Gasteiger partial charge in [-0.05, 0) is 37.6 Å². The first-order valence-corrected chi connectivity index (χ1v) is 9.76. The molecule has 3 aromatic rings. The molecule has 1 heterocycles. The van der Waals surface area contributed by atoms with Crippen LogP contribution in [-0.4, -0.2) is 32.3 Å². The van der Waals surface area contributed by atoms with E-state index in [4.69, 9.17) is 11.6 Å². The van der Waals surface area contributed by atoms with Crippen molar-refractivity contribution in [1.82, 2.24) is 25.6 Å². The lowest BCUT2D eigenvalue weighted by atomic mass is 10.1. The molecule has 0 aliphatic carbocycles. The Morgan fingerprint density at radius 3 is 2.68 bits per heavy atom. The molecular formula is C19H18ClN5O2S. The molecule has 0 saturated heterocycles. The smallest absolute Gasteiger partial charge is 0.271 e. The van der Waals surface area contributed by atoms with Gasteiger partial charge in [0.1, 0.15) is 6.33 Å². The highest BCUT2D eigenvalue weighted by Gasteiger charge is 2.13. The number of rotatable bonds is 5. The van der Waals surface area contributed by atoms with Crippen LogP contribution in [0.1, 0.15) is 21.5 Å². The summed E-state index contributed by atoms with van der Waals surface area (Å²) in [6.07, 6.45) is 1.61. The maximum Gasteiger partial charge on any atom is 0.271 e. The number of hydrogen-bond donors (Lipinski definition) is 2. The first-order chi connectivity index (χ1) is 13.5. The Hall–Kier alpha value is -2.84. The summed E-state index contributed by atoms with van der Waals surface area (Å²) in [6, 6.07) is 12.7. The number of hydrazine groups is 1. The third-order valence-electron chi connectivity index (χ3n) is 3.89. The summed E-state index contributed by atoms with van der Waals surface area (Å²) in [6.45, 7) is 4.04. The number of thioether (sulfide) groups is 1. The molecule has 2 N–H and O–H groups in total. The van der Waals surface area contributed by atoms with Gasteiger partial charge in [-0.2, -0.15) is 0 Å². The van der Waals surface area contributed by atoms with Crippen molar-refractivity contribution < 1.29 is 9.59 Å². The van der Waals surface area contributed by atoms with E-state index in [1.54, 1.807) is 30.6 Å². The molecule has 0 unspecified atom stereocenters. The molecule has 7 nitrogen and oxygen atoms in total. The van der Waals surface area contributed by atoms with Crippen LogP contribution in [0.5, 0.6) is 0 Å². The van der Waals surface area contributed by atoms with Crippen molar-refractivity contribution >= 4 is 35.2 Å². The van der Waals surface area contributed by atoms with Gasteiger partial charge in [0.15, 0.2) is 5.16 Å². The number of aromatic nitrogens is 3. The van der Waals surface area contributed by atoms with E-state index in [9.17, 15) is 9.59 Å². The van der Waals surface area contributed by atoms with Gasteiger partial charge in [0, 0.05) is 0 Å². The molecule has 2 aromatic carbocycles. The molecule has 0 atom stereocenters. The first kappa shape index (κ1) is 19.9. The van der Waals surface area contributed by atoms with Gasteiger partial charge < -0.3 is 0 Å². The van der Waals surface area contributed by atoms with Crippen LogP contribution in [0.15, 0.2) is 53.9 Å². The van der Waals surface area contributed by atoms with Gasteiger partial charge >= 0.3 is 0 Å². The van der Waals surface area contributed by atoms with Gasteiger partial charge in [-0.3, -0.25) is 25.0 Å². The quantitative estimate of drug-likeness (QED) is 0.493. The van der Waals surface area contributed by atoms with Crippen molar-refractivity contribution in [3.63, 3.8) is 0 Å². The fourth-order valence-electron chi connectivity index (χ4n) is 2.57. The van der Waals surface area contributed by atoms with E-state index >= 15 is 0 Å². The summed E-state index contributed by atoms with van der Waals surface area (Å²) < 4.78 is 1.83. The predicted molar refractivity (Wildman–Crippen MR) is 109 cm³/mol. The maximum atomic E-state index is 12.1. The van der Waals surface area contributed by atoms with Crippen LogP contribution in [0.2, 0.25) is 5.02 Å². The van der Waals surface area contributed by atoms with E-state index in [1.165, 1.54) is 11.8 Å². The van der Waals surface area contributed by atoms with Gasteiger partial charge in [0.25, 0.3) is 5.91 Å². The number of hydrogen-bond acceptors (Lipinski definition) is 5.